The number of likely N-dealkylation sites (N-methyl/N-ethyl adjacent to an activating group) is 1. The molecule has 0 aromatic heterocycles. The van der Waals surface area contributed by atoms with Crippen LogP contribution in [0.15, 0.2) is 23.1 Å². The zero-order chi connectivity index (χ0) is 14.8. The first-order valence-electron chi connectivity index (χ1n) is 6.41. The van der Waals surface area contributed by atoms with Crippen LogP contribution >= 0.6 is 12.4 Å². The number of methoxy groups -OCH3 is 2. The SMILES string of the molecule is COc1ccc(S(=O)(=O)N(C)C2CCNC2)cc1OC.Cl. The van der Waals surface area contributed by atoms with Crippen molar-refractivity contribution in [2.45, 2.75) is 17.4 Å². The lowest BCUT2D eigenvalue weighted by Gasteiger charge is -2.23. The van der Waals surface area contributed by atoms with E-state index in [-0.39, 0.29) is 23.3 Å². The smallest absolute Gasteiger partial charge is 0.243 e. The Hall–Kier alpha value is -1.02. The molecule has 21 heavy (non-hydrogen) atoms. The molecule has 1 N–H and O–H groups in total. The molecular weight excluding hydrogens is 316 g/mol. The van der Waals surface area contributed by atoms with Crippen LogP contribution in [0.1, 0.15) is 6.42 Å². The molecule has 8 heteroatoms. The number of hydrogen-bond donors (Lipinski definition) is 1. The lowest BCUT2D eigenvalue weighted by molar-refractivity contribution is 0.353. The van der Waals surface area contributed by atoms with Gasteiger partial charge in [-0.05, 0) is 25.1 Å². The number of sulfonamides is 1. The van der Waals surface area contributed by atoms with Crippen LogP contribution in [-0.2, 0) is 10.0 Å². The van der Waals surface area contributed by atoms with Crippen molar-refractivity contribution in [2.24, 2.45) is 0 Å². The van der Waals surface area contributed by atoms with Crippen molar-refractivity contribution in [3.05, 3.63) is 18.2 Å². The number of nitrogens with zero attached hydrogens (tertiary/aromatic N) is 1. The Bertz CT molecular complexity index is 574. The van der Waals surface area contributed by atoms with Gasteiger partial charge in [0.15, 0.2) is 11.5 Å². The highest BCUT2D eigenvalue weighted by molar-refractivity contribution is 7.89. The zero-order valence-electron chi connectivity index (χ0n) is 12.3. The predicted molar refractivity (Wildman–Crippen MR) is 83.0 cm³/mol. The molecule has 1 saturated heterocycles. The molecule has 0 aliphatic carbocycles. The Morgan fingerprint density at radius 3 is 2.43 bits per heavy atom. The van der Waals surface area contributed by atoms with Gasteiger partial charge in [-0.25, -0.2) is 8.42 Å². The van der Waals surface area contributed by atoms with Crippen LogP contribution in [0.25, 0.3) is 0 Å². The van der Waals surface area contributed by atoms with Crippen LogP contribution in [0.2, 0.25) is 0 Å². The number of benzene rings is 1. The zero-order valence-corrected chi connectivity index (χ0v) is 14.0. The summed E-state index contributed by atoms with van der Waals surface area (Å²) in [6, 6.07) is 4.63. The third-order valence-electron chi connectivity index (χ3n) is 3.58. The topological polar surface area (TPSA) is 67.9 Å². The van der Waals surface area contributed by atoms with Crippen molar-refractivity contribution in [2.75, 3.05) is 34.4 Å². The van der Waals surface area contributed by atoms with Crippen molar-refractivity contribution < 1.29 is 17.9 Å². The van der Waals surface area contributed by atoms with Crippen molar-refractivity contribution in [1.29, 1.82) is 0 Å². The normalized spacial score (nSPS) is 18.4. The van der Waals surface area contributed by atoms with Gasteiger partial charge in [0.25, 0.3) is 0 Å². The molecule has 0 radical (unpaired) electrons. The van der Waals surface area contributed by atoms with E-state index in [4.69, 9.17) is 9.47 Å². The van der Waals surface area contributed by atoms with Gasteiger partial charge in [0.1, 0.15) is 0 Å². The van der Waals surface area contributed by atoms with E-state index >= 15 is 0 Å². The Balaban J connectivity index is 0.00000220. The highest BCUT2D eigenvalue weighted by Crippen LogP contribution is 2.31. The first kappa shape index (κ1) is 18.0. The summed E-state index contributed by atoms with van der Waals surface area (Å²) < 4.78 is 36.9. The summed E-state index contributed by atoms with van der Waals surface area (Å²) in [4.78, 5) is 0.213. The van der Waals surface area contributed by atoms with Gasteiger partial charge < -0.3 is 14.8 Å². The summed E-state index contributed by atoms with van der Waals surface area (Å²) in [5.41, 5.74) is 0. The second-order valence-electron chi connectivity index (χ2n) is 4.68. The molecule has 6 nitrogen and oxygen atoms in total. The van der Waals surface area contributed by atoms with Gasteiger partial charge in [-0.2, -0.15) is 4.31 Å². The van der Waals surface area contributed by atoms with Crippen LogP contribution in [0.3, 0.4) is 0 Å². The molecule has 0 bridgehead atoms. The van der Waals surface area contributed by atoms with E-state index in [1.807, 2.05) is 0 Å². The first-order valence-corrected chi connectivity index (χ1v) is 7.85. The highest BCUT2D eigenvalue weighted by Gasteiger charge is 2.30. The fourth-order valence-electron chi connectivity index (χ4n) is 2.29. The number of halogens is 1. The minimum Gasteiger partial charge on any atom is -0.493 e. The molecule has 0 spiro atoms. The average molecular weight is 337 g/mol. The maximum atomic E-state index is 12.6. The second-order valence-corrected chi connectivity index (χ2v) is 6.68. The molecular formula is C13H21ClN2O4S. The number of rotatable bonds is 5. The van der Waals surface area contributed by atoms with E-state index < -0.39 is 10.0 Å². The molecule has 1 aliphatic rings. The van der Waals surface area contributed by atoms with Gasteiger partial charge in [-0.1, -0.05) is 0 Å². The summed E-state index contributed by atoms with van der Waals surface area (Å²) >= 11 is 0. The van der Waals surface area contributed by atoms with Crippen LogP contribution < -0.4 is 14.8 Å². The third kappa shape index (κ3) is 3.60. The van der Waals surface area contributed by atoms with Crippen LogP contribution in [-0.4, -0.2) is 53.1 Å². The van der Waals surface area contributed by atoms with Gasteiger partial charge in [0.2, 0.25) is 10.0 Å². The lowest BCUT2D eigenvalue weighted by atomic mass is 10.3. The monoisotopic (exact) mass is 336 g/mol. The molecule has 2 rings (SSSR count). The van der Waals surface area contributed by atoms with E-state index in [0.717, 1.165) is 13.0 Å². The maximum absolute atomic E-state index is 12.6. The molecule has 1 aliphatic heterocycles. The molecule has 120 valence electrons. The Morgan fingerprint density at radius 1 is 1.24 bits per heavy atom. The van der Waals surface area contributed by atoms with E-state index in [0.29, 0.717) is 18.0 Å². The lowest BCUT2D eigenvalue weighted by Crippen LogP contribution is -2.38. The summed E-state index contributed by atoms with van der Waals surface area (Å²) in [5.74, 6) is 0.920. The van der Waals surface area contributed by atoms with Crippen LogP contribution in [0.5, 0.6) is 11.5 Å². The molecule has 0 saturated carbocycles. The van der Waals surface area contributed by atoms with Crippen molar-refractivity contribution >= 4 is 22.4 Å². The fraction of sp³-hybridized carbons (Fsp3) is 0.538. The molecule has 0 amide bonds. The Morgan fingerprint density at radius 2 is 1.90 bits per heavy atom. The Labute approximate surface area is 131 Å². The third-order valence-corrected chi connectivity index (χ3v) is 5.49. The highest BCUT2D eigenvalue weighted by atomic mass is 35.5. The van der Waals surface area contributed by atoms with Gasteiger partial charge in [-0.15, -0.1) is 12.4 Å². The van der Waals surface area contributed by atoms with Gasteiger partial charge in [-0.3, -0.25) is 0 Å². The van der Waals surface area contributed by atoms with E-state index in [1.54, 1.807) is 13.1 Å². The summed E-state index contributed by atoms with van der Waals surface area (Å²) in [6.07, 6.45) is 0.822. The largest absolute Gasteiger partial charge is 0.493 e. The minimum absolute atomic E-state index is 0. The molecule has 1 atom stereocenters. The average Bonchev–Trinajstić information content (AvgIpc) is 2.99. The molecule has 1 aromatic rings. The molecule has 1 unspecified atom stereocenters. The Kier molecular flexibility index (Phi) is 6.27. The molecule has 1 heterocycles. The van der Waals surface area contributed by atoms with Gasteiger partial charge in [0, 0.05) is 25.7 Å². The van der Waals surface area contributed by atoms with Gasteiger partial charge >= 0.3 is 0 Å². The number of ether oxygens (including phenoxy) is 2. The maximum Gasteiger partial charge on any atom is 0.243 e. The minimum atomic E-state index is -3.52. The number of hydrogen-bond acceptors (Lipinski definition) is 5. The fourth-order valence-corrected chi connectivity index (χ4v) is 3.69. The standard InChI is InChI=1S/C13H20N2O4S.ClH/c1-15(10-6-7-14-9-10)20(16,17)11-4-5-12(18-2)13(8-11)19-3;/h4-5,8,10,14H,6-7,9H2,1-3H3;1H. The van der Waals surface area contributed by atoms with E-state index in [9.17, 15) is 8.42 Å². The molecule has 1 fully saturated rings. The quantitative estimate of drug-likeness (QED) is 0.872. The van der Waals surface area contributed by atoms with Gasteiger partial charge in [0.05, 0.1) is 19.1 Å². The van der Waals surface area contributed by atoms with E-state index in [1.165, 1.54) is 30.7 Å². The van der Waals surface area contributed by atoms with Crippen LogP contribution in [0.4, 0.5) is 0 Å². The second kappa shape index (κ2) is 7.31. The summed E-state index contributed by atoms with van der Waals surface area (Å²) in [5, 5.41) is 3.17. The van der Waals surface area contributed by atoms with Crippen LogP contribution in [0, 0.1) is 0 Å². The first-order chi connectivity index (χ1) is 9.50. The summed E-state index contributed by atoms with van der Waals surface area (Å²) in [7, 11) is 1.09. The van der Waals surface area contributed by atoms with Crippen molar-refractivity contribution in [1.82, 2.24) is 9.62 Å². The predicted octanol–water partition coefficient (Wildman–Crippen LogP) is 1.11. The van der Waals surface area contributed by atoms with E-state index in [2.05, 4.69) is 5.32 Å². The van der Waals surface area contributed by atoms with Crippen molar-refractivity contribution in [3.8, 4) is 11.5 Å². The number of nitrogens with one attached hydrogen (secondary N) is 1. The molecule has 1 aromatic carbocycles. The summed E-state index contributed by atoms with van der Waals surface area (Å²) in [6.45, 7) is 1.53. The van der Waals surface area contributed by atoms with Crippen molar-refractivity contribution in [3.63, 3.8) is 0 Å².